The average Bonchev–Trinajstić information content (AvgIpc) is 3.02. The number of carbonyl (C=O) groups is 1. The summed E-state index contributed by atoms with van der Waals surface area (Å²) in [6, 6.07) is 13.2. The van der Waals surface area contributed by atoms with Gasteiger partial charge in [-0.25, -0.2) is 0 Å². The van der Waals surface area contributed by atoms with Crippen molar-refractivity contribution in [2.45, 2.75) is 0 Å². The van der Waals surface area contributed by atoms with E-state index >= 15 is 0 Å². The highest BCUT2D eigenvalue weighted by Crippen LogP contribution is 2.31. The number of ether oxygens (including phenoxy) is 2. The van der Waals surface area contributed by atoms with Crippen LogP contribution in [0.15, 0.2) is 47.8 Å². The van der Waals surface area contributed by atoms with E-state index in [9.17, 15) is 4.79 Å². The van der Waals surface area contributed by atoms with Crippen molar-refractivity contribution >= 4 is 27.9 Å². The average molecular weight is 298 g/mol. The van der Waals surface area contributed by atoms with Crippen LogP contribution in [0.5, 0.6) is 11.5 Å². The fourth-order valence-electron chi connectivity index (χ4n) is 2.33. The van der Waals surface area contributed by atoms with Crippen LogP contribution in [-0.4, -0.2) is 20.0 Å². The molecule has 0 aliphatic rings. The normalized spacial score (nSPS) is 10.6. The highest BCUT2D eigenvalue weighted by Gasteiger charge is 2.16. The Morgan fingerprint density at radius 3 is 2.43 bits per heavy atom. The maximum Gasteiger partial charge on any atom is 0.203 e. The van der Waals surface area contributed by atoms with Crippen LogP contribution in [0.2, 0.25) is 0 Å². The minimum Gasteiger partial charge on any atom is -0.496 e. The second-order valence-electron chi connectivity index (χ2n) is 4.54. The third kappa shape index (κ3) is 2.38. The minimum absolute atomic E-state index is 0.00199. The van der Waals surface area contributed by atoms with Crippen LogP contribution in [0.4, 0.5) is 0 Å². The van der Waals surface area contributed by atoms with Crippen LogP contribution in [-0.2, 0) is 0 Å². The topological polar surface area (TPSA) is 35.5 Å². The van der Waals surface area contributed by atoms with Crippen molar-refractivity contribution in [3.63, 3.8) is 0 Å². The molecule has 0 bridgehead atoms. The molecule has 1 heterocycles. The van der Waals surface area contributed by atoms with Gasteiger partial charge in [-0.15, -0.1) is 11.3 Å². The zero-order valence-electron chi connectivity index (χ0n) is 11.8. The lowest BCUT2D eigenvalue weighted by Gasteiger charge is -2.09. The van der Waals surface area contributed by atoms with E-state index < -0.39 is 0 Å². The Hall–Kier alpha value is -2.33. The lowest BCUT2D eigenvalue weighted by molar-refractivity contribution is 0.104. The Morgan fingerprint density at radius 2 is 1.76 bits per heavy atom. The number of methoxy groups -OCH3 is 2. The lowest BCUT2D eigenvalue weighted by atomic mass is 10.00. The van der Waals surface area contributed by atoms with Gasteiger partial charge in [-0.2, -0.15) is 0 Å². The van der Waals surface area contributed by atoms with Gasteiger partial charge in [0.1, 0.15) is 11.5 Å². The Morgan fingerprint density at radius 1 is 1.00 bits per heavy atom. The summed E-state index contributed by atoms with van der Waals surface area (Å²) < 4.78 is 10.5. The van der Waals surface area contributed by atoms with E-state index in [1.807, 2.05) is 41.8 Å². The summed E-state index contributed by atoms with van der Waals surface area (Å²) in [5.41, 5.74) is 0.677. The molecule has 0 fully saturated rings. The van der Waals surface area contributed by atoms with E-state index in [-0.39, 0.29) is 5.78 Å². The van der Waals surface area contributed by atoms with Crippen molar-refractivity contribution in [3.8, 4) is 11.5 Å². The summed E-state index contributed by atoms with van der Waals surface area (Å²) in [5.74, 6) is 1.48. The number of carbonyl (C=O) groups excluding carboxylic acids is 1. The summed E-state index contributed by atoms with van der Waals surface area (Å²) in [6.07, 6.45) is 0. The van der Waals surface area contributed by atoms with Gasteiger partial charge in [0.05, 0.1) is 19.1 Å². The molecule has 1 aromatic heterocycles. The molecule has 3 rings (SSSR count). The van der Waals surface area contributed by atoms with Crippen molar-refractivity contribution in [1.82, 2.24) is 0 Å². The number of fused-ring (bicyclic) bond motifs is 1. The largest absolute Gasteiger partial charge is 0.496 e. The fraction of sp³-hybridized carbons (Fsp3) is 0.118. The van der Waals surface area contributed by atoms with E-state index in [2.05, 4.69) is 0 Å². The first kappa shape index (κ1) is 13.6. The molecular weight excluding hydrogens is 284 g/mol. The molecule has 4 heteroatoms. The number of hydrogen-bond acceptors (Lipinski definition) is 4. The van der Waals surface area contributed by atoms with E-state index in [0.29, 0.717) is 16.2 Å². The number of thiophene rings is 1. The molecule has 0 unspecified atom stereocenters. The first-order valence-corrected chi connectivity index (χ1v) is 7.35. The second kappa shape index (κ2) is 5.58. The van der Waals surface area contributed by atoms with Crippen LogP contribution in [0, 0.1) is 0 Å². The predicted octanol–water partition coefficient (Wildman–Crippen LogP) is 4.15. The van der Waals surface area contributed by atoms with E-state index in [4.69, 9.17) is 9.47 Å². The van der Waals surface area contributed by atoms with Crippen LogP contribution in [0.1, 0.15) is 15.2 Å². The standard InChI is InChI=1S/C17H14O3S/c1-19-11-9-16(21-10-11)17(18)14-7-8-15(20-2)13-6-4-3-5-12(13)14/h3-10H,1-2H3. The molecule has 3 aromatic rings. The van der Waals surface area contributed by atoms with E-state index in [1.54, 1.807) is 20.3 Å². The smallest absolute Gasteiger partial charge is 0.203 e. The number of ketones is 1. The van der Waals surface area contributed by atoms with Crippen molar-refractivity contribution < 1.29 is 14.3 Å². The zero-order valence-corrected chi connectivity index (χ0v) is 12.6. The first-order valence-electron chi connectivity index (χ1n) is 6.47. The summed E-state index contributed by atoms with van der Waals surface area (Å²) in [7, 11) is 3.23. The van der Waals surface area contributed by atoms with E-state index in [1.165, 1.54) is 11.3 Å². The van der Waals surface area contributed by atoms with Crippen LogP contribution in [0.3, 0.4) is 0 Å². The molecule has 0 spiro atoms. The van der Waals surface area contributed by atoms with Gasteiger partial charge in [0.25, 0.3) is 0 Å². The van der Waals surface area contributed by atoms with Gasteiger partial charge in [-0.1, -0.05) is 24.3 Å². The van der Waals surface area contributed by atoms with Crippen LogP contribution >= 0.6 is 11.3 Å². The van der Waals surface area contributed by atoms with Crippen molar-refractivity contribution in [3.05, 3.63) is 58.3 Å². The quantitative estimate of drug-likeness (QED) is 0.679. The van der Waals surface area contributed by atoms with Gasteiger partial charge in [0.15, 0.2) is 0 Å². The first-order chi connectivity index (χ1) is 10.2. The summed E-state index contributed by atoms with van der Waals surface area (Å²) >= 11 is 1.39. The van der Waals surface area contributed by atoms with Gasteiger partial charge >= 0.3 is 0 Å². The number of hydrogen-bond donors (Lipinski definition) is 0. The van der Waals surface area contributed by atoms with Crippen LogP contribution < -0.4 is 9.47 Å². The highest BCUT2D eigenvalue weighted by molar-refractivity contribution is 7.12. The molecule has 0 saturated heterocycles. The summed E-state index contributed by atoms with van der Waals surface area (Å²) in [5, 5.41) is 3.67. The third-order valence-electron chi connectivity index (χ3n) is 3.38. The molecule has 0 radical (unpaired) electrons. The SMILES string of the molecule is COc1csc(C(=O)c2ccc(OC)c3ccccc23)c1. The van der Waals surface area contributed by atoms with Gasteiger partial charge in [-0.05, 0) is 17.5 Å². The Bertz CT molecular complexity index is 805. The maximum absolute atomic E-state index is 12.7. The minimum atomic E-state index is 0.00199. The highest BCUT2D eigenvalue weighted by atomic mass is 32.1. The molecule has 0 saturated carbocycles. The Balaban J connectivity index is 2.14. The van der Waals surface area contributed by atoms with Crippen molar-refractivity contribution in [1.29, 1.82) is 0 Å². The molecule has 0 N–H and O–H groups in total. The molecule has 106 valence electrons. The molecule has 2 aromatic carbocycles. The predicted molar refractivity (Wildman–Crippen MR) is 84.8 cm³/mol. The van der Waals surface area contributed by atoms with Gasteiger partial charge < -0.3 is 9.47 Å². The second-order valence-corrected chi connectivity index (χ2v) is 5.45. The Kier molecular flexibility index (Phi) is 3.62. The molecule has 0 amide bonds. The number of benzene rings is 2. The van der Waals surface area contributed by atoms with Crippen molar-refractivity contribution in [2.75, 3.05) is 14.2 Å². The molecule has 0 aliphatic carbocycles. The molecular formula is C17H14O3S. The van der Waals surface area contributed by atoms with Gasteiger partial charge in [0, 0.05) is 22.4 Å². The fourth-order valence-corrected chi connectivity index (χ4v) is 3.13. The zero-order chi connectivity index (χ0) is 14.8. The van der Waals surface area contributed by atoms with Gasteiger partial charge in [0.2, 0.25) is 5.78 Å². The van der Waals surface area contributed by atoms with Crippen molar-refractivity contribution in [2.24, 2.45) is 0 Å². The molecule has 3 nitrogen and oxygen atoms in total. The third-order valence-corrected chi connectivity index (χ3v) is 4.29. The Labute approximate surface area is 126 Å². The summed E-state index contributed by atoms with van der Waals surface area (Å²) in [6.45, 7) is 0. The van der Waals surface area contributed by atoms with E-state index in [0.717, 1.165) is 16.5 Å². The monoisotopic (exact) mass is 298 g/mol. The van der Waals surface area contributed by atoms with Gasteiger partial charge in [-0.3, -0.25) is 4.79 Å². The lowest BCUT2D eigenvalue weighted by Crippen LogP contribution is -2.00. The molecule has 0 atom stereocenters. The molecule has 21 heavy (non-hydrogen) atoms. The summed E-state index contributed by atoms with van der Waals surface area (Å²) in [4.78, 5) is 13.4. The molecule has 0 aliphatic heterocycles. The number of rotatable bonds is 4. The van der Waals surface area contributed by atoms with Crippen LogP contribution in [0.25, 0.3) is 10.8 Å². The maximum atomic E-state index is 12.7.